The summed E-state index contributed by atoms with van der Waals surface area (Å²) in [6, 6.07) is 8.01. The van der Waals surface area contributed by atoms with Crippen LogP contribution in [0.3, 0.4) is 0 Å². The number of carbonyl (C=O) groups is 2. The molecule has 0 saturated carbocycles. The van der Waals surface area contributed by atoms with Crippen LogP contribution < -0.4 is 14.8 Å². The van der Waals surface area contributed by atoms with E-state index in [-0.39, 0.29) is 18.6 Å². The molecule has 0 bridgehead atoms. The number of ether oxygens (including phenoxy) is 2. The molecule has 3 rings (SSSR count). The van der Waals surface area contributed by atoms with Gasteiger partial charge in [-0.15, -0.1) is 0 Å². The van der Waals surface area contributed by atoms with E-state index < -0.39 is 0 Å². The van der Waals surface area contributed by atoms with Crippen molar-refractivity contribution in [3.05, 3.63) is 24.3 Å². The van der Waals surface area contributed by atoms with Gasteiger partial charge in [0.05, 0.1) is 20.2 Å². The summed E-state index contributed by atoms with van der Waals surface area (Å²) >= 11 is 0. The lowest BCUT2D eigenvalue weighted by Crippen LogP contribution is -2.60. The van der Waals surface area contributed by atoms with Crippen LogP contribution in [0.4, 0.5) is 4.79 Å². The van der Waals surface area contributed by atoms with E-state index in [0.717, 1.165) is 24.6 Å². The van der Waals surface area contributed by atoms with E-state index >= 15 is 0 Å². The van der Waals surface area contributed by atoms with Crippen molar-refractivity contribution < 1.29 is 24.2 Å². The van der Waals surface area contributed by atoms with Crippen LogP contribution >= 0.6 is 0 Å². The molecule has 2 amide bonds. The fraction of sp³-hybridized carbons (Fsp3) is 0.619. The van der Waals surface area contributed by atoms with Gasteiger partial charge in [0.1, 0.15) is 17.6 Å². The summed E-state index contributed by atoms with van der Waals surface area (Å²) in [5.41, 5.74) is 0. The van der Waals surface area contributed by atoms with E-state index in [1.807, 2.05) is 29.2 Å². The van der Waals surface area contributed by atoms with Crippen LogP contribution in [0.25, 0.3) is 0 Å². The molecule has 2 aliphatic heterocycles. The van der Waals surface area contributed by atoms with Crippen LogP contribution in [0, 0.1) is 5.92 Å². The lowest BCUT2D eigenvalue weighted by atomic mass is 10.0. The van der Waals surface area contributed by atoms with Gasteiger partial charge >= 0.3 is 6.03 Å². The number of nitrogens with zero attached hydrogens (tertiary/aromatic N) is 2. The molecular formula is C21H33N3O5. The summed E-state index contributed by atoms with van der Waals surface area (Å²) in [7, 11) is 1.64. The van der Waals surface area contributed by atoms with Gasteiger partial charge in [0.2, 0.25) is 0 Å². The third kappa shape index (κ3) is 6.81. The summed E-state index contributed by atoms with van der Waals surface area (Å²) in [5, 5.41) is 10.0. The Morgan fingerprint density at radius 2 is 1.90 bits per heavy atom. The molecule has 2 fully saturated rings. The maximum Gasteiger partial charge on any atom is 0.317 e. The molecule has 8 heteroatoms. The zero-order chi connectivity index (χ0) is 21.2. The molecule has 0 spiro atoms. The second-order valence-electron chi connectivity index (χ2n) is 7.67. The fourth-order valence-electron chi connectivity index (χ4n) is 3.71. The first kappa shape index (κ1) is 22.8. The van der Waals surface area contributed by atoms with E-state index in [9.17, 15) is 4.79 Å². The maximum atomic E-state index is 12.4. The van der Waals surface area contributed by atoms with E-state index in [1.165, 1.54) is 12.8 Å². The van der Waals surface area contributed by atoms with Gasteiger partial charge in [0.25, 0.3) is 6.47 Å². The van der Waals surface area contributed by atoms with Crippen LogP contribution in [0.2, 0.25) is 0 Å². The Labute approximate surface area is 172 Å². The van der Waals surface area contributed by atoms with Crippen molar-refractivity contribution in [2.24, 2.45) is 5.92 Å². The SMILES string of the molecule is COc1cccc(OC2CN(C(=O)NCC(C(C)C)N3CCCC3)C2)c1.O=CO. The van der Waals surface area contributed by atoms with Gasteiger partial charge < -0.3 is 24.8 Å². The highest BCUT2D eigenvalue weighted by molar-refractivity contribution is 5.75. The Bertz CT molecular complexity index is 643. The van der Waals surface area contributed by atoms with Gasteiger partial charge in [-0.25, -0.2) is 4.79 Å². The molecule has 1 aromatic rings. The molecule has 8 nitrogen and oxygen atoms in total. The summed E-state index contributed by atoms with van der Waals surface area (Å²) in [6.45, 7) is 8.48. The van der Waals surface area contributed by atoms with Crippen molar-refractivity contribution in [1.82, 2.24) is 15.1 Å². The van der Waals surface area contributed by atoms with Crippen molar-refractivity contribution in [2.45, 2.75) is 38.8 Å². The van der Waals surface area contributed by atoms with Gasteiger partial charge in [-0.05, 0) is 44.0 Å². The molecule has 2 N–H and O–H groups in total. The summed E-state index contributed by atoms with van der Waals surface area (Å²) in [5.74, 6) is 2.09. The molecule has 2 saturated heterocycles. The molecule has 1 aromatic carbocycles. The number of urea groups is 1. The average Bonchev–Trinajstić information content (AvgIpc) is 3.19. The Balaban J connectivity index is 0.000000941. The first-order valence-corrected chi connectivity index (χ1v) is 10.1. The highest BCUT2D eigenvalue weighted by atomic mass is 16.5. The number of methoxy groups -OCH3 is 1. The molecular weight excluding hydrogens is 374 g/mol. The molecule has 0 aliphatic carbocycles. The van der Waals surface area contributed by atoms with Crippen molar-refractivity contribution in [1.29, 1.82) is 0 Å². The van der Waals surface area contributed by atoms with Gasteiger partial charge in [-0.1, -0.05) is 19.9 Å². The largest absolute Gasteiger partial charge is 0.497 e. The minimum Gasteiger partial charge on any atom is -0.497 e. The number of amides is 2. The van der Waals surface area contributed by atoms with Gasteiger partial charge in [0, 0.05) is 18.7 Å². The molecule has 0 radical (unpaired) electrons. The van der Waals surface area contributed by atoms with Crippen LogP contribution in [-0.2, 0) is 4.79 Å². The predicted octanol–water partition coefficient (Wildman–Crippen LogP) is 2.29. The third-order valence-electron chi connectivity index (χ3n) is 5.32. The minimum atomic E-state index is -0.250. The fourth-order valence-corrected chi connectivity index (χ4v) is 3.71. The monoisotopic (exact) mass is 407 g/mol. The minimum absolute atomic E-state index is 0.0142. The Morgan fingerprint density at radius 1 is 1.28 bits per heavy atom. The lowest BCUT2D eigenvalue weighted by Gasteiger charge is -2.39. The van der Waals surface area contributed by atoms with Gasteiger partial charge in [-0.2, -0.15) is 0 Å². The Kier molecular flexibility index (Phi) is 9.05. The smallest absolute Gasteiger partial charge is 0.317 e. The standard InChI is InChI=1S/C20H31N3O3.CH2O2/c1-15(2)19(22-9-4-5-10-22)12-21-20(24)23-13-18(14-23)26-17-8-6-7-16(11-17)25-3;2-1-3/h6-8,11,15,18-19H,4-5,9-10,12-14H2,1-3H3,(H,21,24);1H,(H,2,3). The number of benzene rings is 1. The number of hydrogen-bond donors (Lipinski definition) is 2. The van der Waals surface area contributed by atoms with Gasteiger partial charge in [0.15, 0.2) is 0 Å². The number of hydrogen-bond acceptors (Lipinski definition) is 5. The van der Waals surface area contributed by atoms with Crippen molar-refractivity contribution in [3.63, 3.8) is 0 Å². The average molecular weight is 408 g/mol. The van der Waals surface area contributed by atoms with Gasteiger partial charge in [-0.3, -0.25) is 9.69 Å². The first-order chi connectivity index (χ1) is 14.0. The number of nitrogens with one attached hydrogen (secondary N) is 1. The van der Waals surface area contributed by atoms with Crippen molar-refractivity contribution >= 4 is 12.5 Å². The molecule has 29 heavy (non-hydrogen) atoms. The van der Waals surface area contributed by atoms with E-state index in [4.69, 9.17) is 19.4 Å². The molecule has 162 valence electrons. The molecule has 1 unspecified atom stereocenters. The first-order valence-electron chi connectivity index (χ1n) is 10.1. The predicted molar refractivity (Wildman–Crippen MR) is 111 cm³/mol. The Morgan fingerprint density at radius 3 is 2.48 bits per heavy atom. The molecule has 2 aliphatic rings. The van der Waals surface area contributed by atoms with Crippen molar-refractivity contribution in [2.75, 3.05) is 39.8 Å². The van der Waals surface area contributed by atoms with Crippen LogP contribution in [0.5, 0.6) is 11.5 Å². The van der Waals surface area contributed by atoms with E-state index in [2.05, 4.69) is 24.1 Å². The van der Waals surface area contributed by atoms with Crippen LogP contribution in [0.1, 0.15) is 26.7 Å². The number of likely N-dealkylation sites (tertiary alicyclic amines) is 2. The summed E-state index contributed by atoms with van der Waals surface area (Å²) in [6.07, 6.45) is 2.59. The number of rotatable bonds is 7. The van der Waals surface area contributed by atoms with E-state index in [1.54, 1.807) is 7.11 Å². The summed E-state index contributed by atoms with van der Waals surface area (Å²) in [4.78, 5) is 25.1. The summed E-state index contributed by atoms with van der Waals surface area (Å²) < 4.78 is 11.1. The lowest BCUT2D eigenvalue weighted by molar-refractivity contribution is -0.122. The highest BCUT2D eigenvalue weighted by Crippen LogP contribution is 2.23. The molecule has 1 atom stereocenters. The Hall–Kier alpha value is -2.48. The topological polar surface area (TPSA) is 91.3 Å². The third-order valence-corrected chi connectivity index (χ3v) is 5.32. The second kappa shape index (κ2) is 11.5. The second-order valence-corrected chi connectivity index (χ2v) is 7.67. The maximum absolute atomic E-state index is 12.4. The molecule has 2 heterocycles. The normalized spacial score (nSPS) is 17.7. The van der Waals surface area contributed by atoms with Crippen LogP contribution in [-0.4, -0.2) is 79.4 Å². The van der Waals surface area contributed by atoms with Crippen molar-refractivity contribution in [3.8, 4) is 11.5 Å². The van der Waals surface area contributed by atoms with Crippen LogP contribution in [0.15, 0.2) is 24.3 Å². The highest BCUT2D eigenvalue weighted by Gasteiger charge is 2.33. The number of carbonyl (C=O) groups excluding carboxylic acids is 1. The van der Waals surface area contributed by atoms with E-state index in [0.29, 0.717) is 31.6 Å². The zero-order valence-corrected chi connectivity index (χ0v) is 17.5. The molecule has 0 aromatic heterocycles. The number of carboxylic acid groups (broad SMARTS) is 1. The quantitative estimate of drug-likeness (QED) is 0.674. The zero-order valence-electron chi connectivity index (χ0n) is 17.5.